The summed E-state index contributed by atoms with van der Waals surface area (Å²) in [7, 11) is 0. The number of hydrogen-bond donors (Lipinski definition) is 1. The van der Waals surface area contributed by atoms with Gasteiger partial charge >= 0.3 is 0 Å². The van der Waals surface area contributed by atoms with E-state index in [0.29, 0.717) is 0 Å². The van der Waals surface area contributed by atoms with E-state index in [2.05, 4.69) is 50.4 Å². The molecule has 1 aromatic rings. The second-order valence-corrected chi connectivity index (χ2v) is 5.53. The van der Waals surface area contributed by atoms with Crippen LogP contribution in [0.5, 0.6) is 0 Å². The Labute approximate surface area is 111 Å². The first-order valence-electron chi connectivity index (χ1n) is 6.46. The summed E-state index contributed by atoms with van der Waals surface area (Å²) in [5.74, 6) is 0.735. The van der Waals surface area contributed by atoms with Crippen molar-refractivity contribution in [2.24, 2.45) is 0 Å². The smallest absolute Gasteiger partial charge is 0.0235 e. The van der Waals surface area contributed by atoms with Crippen LogP contribution in [-0.4, -0.2) is 19.0 Å². The van der Waals surface area contributed by atoms with Crippen LogP contribution in [0.4, 0.5) is 0 Å². The Balaban J connectivity index is 2.55. The van der Waals surface area contributed by atoms with Crippen molar-refractivity contribution in [3.05, 3.63) is 35.4 Å². The Morgan fingerprint density at radius 2 is 1.82 bits per heavy atom. The minimum atomic E-state index is 0.179. The molecule has 1 nitrogen and oxygen atoms in total. The molecule has 1 aromatic carbocycles. The molecular weight excluding hydrogens is 230 g/mol. The van der Waals surface area contributed by atoms with E-state index in [4.69, 9.17) is 11.6 Å². The van der Waals surface area contributed by atoms with Gasteiger partial charge in [-0.1, -0.05) is 45.0 Å². The fourth-order valence-electron chi connectivity index (χ4n) is 1.89. The van der Waals surface area contributed by atoms with E-state index in [9.17, 15) is 0 Å². The second kappa shape index (κ2) is 7.03. The molecule has 0 spiro atoms. The van der Waals surface area contributed by atoms with Gasteiger partial charge in [0.1, 0.15) is 0 Å². The highest BCUT2D eigenvalue weighted by atomic mass is 35.5. The van der Waals surface area contributed by atoms with Crippen LogP contribution in [0, 0.1) is 0 Å². The summed E-state index contributed by atoms with van der Waals surface area (Å²) in [5.41, 5.74) is 2.98. The van der Waals surface area contributed by atoms with Gasteiger partial charge in [-0.05, 0) is 30.5 Å². The fourth-order valence-corrected chi connectivity index (χ4v) is 2.02. The van der Waals surface area contributed by atoms with Crippen LogP contribution in [0.3, 0.4) is 0 Å². The molecule has 1 N–H and O–H groups in total. The van der Waals surface area contributed by atoms with Gasteiger partial charge in [-0.2, -0.15) is 0 Å². The monoisotopic (exact) mass is 253 g/mol. The molecule has 0 bridgehead atoms. The van der Waals surface area contributed by atoms with Crippen molar-refractivity contribution in [1.29, 1.82) is 0 Å². The van der Waals surface area contributed by atoms with Crippen molar-refractivity contribution in [2.75, 3.05) is 19.0 Å². The lowest BCUT2D eigenvalue weighted by molar-refractivity contribution is 0.470. The van der Waals surface area contributed by atoms with E-state index in [1.54, 1.807) is 0 Å². The predicted molar refractivity (Wildman–Crippen MR) is 77.1 cm³/mol. The van der Waals surface area contributed by atoms with Gasteiger partial charge in [0.05, 0.1) is 0 Å². The average Bonchev–Trinajstić information content (AvgIpc) is 2.35. The first-order chi connectivity index (χ1) is 8.10. The van der Waals surface area contributed by atoms with E-state index in [1.165, 1.54) is 11.1 Å². The highest BCUT2D eigenvalue weighted by Crippen LogP contribution is 2.22. The molecule has 0 fully saturated rings. The summed E-state index contributed by atoms with van der Waals surface area (Å²) in [6.45, 7) is 8.74. The Kier molecular flexibility index (Phi) is 6.01. The lowest BCUT2D eigenvalue weighted by Crippen LogP contribution is -2.33. The molecule has 0 aliphatic heterocycles. The maximum atomic E-state index is 5.66. The zero-order valence-corrected chi connectivity index (χ0v) is 12.0. The number of aryl methyl sites for hydroxylation is 1. The zero-order chi connectivity index (χ0) is 12.7. The highest BCUT2D eigenvalue weighted by Gasteiger charge is 2.19. The SMILES string of the molecule is CCc1ccc(C(C)(C)CNCCCCl)cc1. The van der Waals surface area contributed by atoms with Crippen molar-refractivity contribution in [2.45, 2.75) is 39.0 Å². The second-order valence-electron chi connectivity index (χ2n) is 5.15. The average molecular weight is 254 g/mol. The van der Waals surface area contributed by atoms with Crippen LogP contribution >= 0.6 is 11.6 Å². The number of halogens is 1. The van der Waals surface area contributed by atoms with Crippen molar-refractivity contribution in [1.82, 2.24) is 5.32 Å². The predicted octanol–water partition coefficient (Wildman–Crippen LogP) is 3.75. The fraction of sp³-hybridized carbons (Fsp3) is 0.600. The standard InChI is InChI=1S/C15H24ClN/c1-4-13-6-8-14(9-7-13)15(2,3)12-17-11-5-10-16/h6-9,17H,4-5,10-12H2,1-3H3. The quantitative estimate of drug-likeness (QED) is 0.577. The number of nitrogens with one attached hydrogen (secondary N) is 1. The van der Waals surface area contributed by atoms with Crippen LogP contribution in [0.2, 0.25) is 0 Å². The number of rotatable bonds is 7. The van der Waals surface area contributed by atoms with Gasteiger partial charge in [-0.3, -0.25) is 0 Å². The van der Waals surface area contributed by atoms with Crippen molar-refractivity contribution in [3.63, 3.8) is 0 Å². The summed E-state index contributed by atoms with van der Waals surface area (Å²) in [4.78, 5) is 0. The van der Waals surface area contributed by atoms with E-state index in [-0.39, 0.29) is 5.41 Å². The Hall–Kier alpha value is -0.530. The Morgan fingerprint density at radius 1 is 1.18 bits per heavy atom. The molecule has 0 amide bonds. The summed E-state index contributed by atoms with van der Waals surface area (Å²) in [6, 6.07) is 8.97. The molecule has 0 saturated heterocycles. The summed E-state index contributed by atoms with van der Waals surface area (Å²) in [6.07, 6.45) is 2.14. The molecule has 0 saturated carbocycles. The molecule has 0 aliphatic carbocycles. The maximum absolute atomic E-state index is 5.66. The molecule has 0 aliphatic rings. The molecule has 2 heteroatoms. The van der Waals surface area contributed by atoms with E-state index in [1.807, 2.05) is 0 Å². The molecule has 0 atom stereocenters. The Bertz CT molecular complexity index is 316. The number of benzene rings is 1. The molecule has 0 unspecified atom stereocenters. The topological polar surface area (TPSA) is 12.0 Å². The van der Waals surface area contributed by atoms with Crippen LogP contribution in [-0.2, 0) is 11.8 Å². The Morgan fingerprint density at radius 3 is 2.35 bits per heavy atom. The van der Waals surface area contributed by atoms with Crippen LogP contribution < -0.4 is 5.32 Å². The van der Waals surface area contributed by atoms with Gasteiger partial charge in [0.25, 0.3) is 0 Å². The molecule has 96 valence electrons. The maximum Gasteiger partial charge on any atom is 0.0235 e. The number of hydrogen-bond acceptors (Lipinski definition) is 1. The molecule has 1 rings (SSSR count). The summed E-state index contributed by atoms with van der Waals surface area (Å²) >= 11 is 5.66. The van der Waals surface area contributed by atoms with Crippen LogP contribution in [0.15, 0.2) is 24.3 Å². The molecule has 0 aromatic heterocycles. The van der Waals surface area contributed by atoms with Gasteiger partial charge in [0, 0.05) is 17.8 Å². The van der Waals surface area contributed by atoms with Crippen LogP contribution in [0.1, 0.15) is 38.3 Å². The number of alkyl halides is 1. The highest BCUT2D eigenvalue weighted by molar-refractivity contribution is 6.17. The van der Waals surface area contributed by atoms with Gasteiger partial charge in [0.15, 0.2) is 0 Å². The van der Waals surface area contributed by atoms with E-state index in [0.717, 1.165) is 31.8 Å². The van der Waals surface area contributed by atoms with E-state index >= 15 is 0 Å². The lowest BCUT2D eigenvalue weighted by Gasteiger charge is -2.26. The third-order valence-electron chi connectivity index (χ3n) is 3.20. The molecular formula is C15H24ClN. The first kappa shape index (κ1) is 14.5. The van der Waals surface area contributed by atoms with Gasteiger partial charge in [-0.15, -0.1) is 11.6 Å². The lowest BCUT2D eigenvalue weighted by atomic mass is 9.84. The molecule has 17 heavy (non-hydrogen) atoms. The van der Waals surface area contributed by atoms with Gasteiger partial charge in [0.2, 0.25) is 0 Å². The third kappa shape index (κ3) is 4.69. The first-order valence-corrected chi connectivity index (χ1v) is 6.99. The van der Waals surface area contributed by atoms with Gasteiger partial charge in [-0.25, -0.2) is 0 Å². The molecule has 0 radical (unpaired) electrons. The van der Waals surface area contributed by atoms with Crippen molar-refractivity contribution in [3.8, 4) is 0 Å². The summed E-state index contributed by atoms with van der Waals surface area (Å²) < 4.78 is 0. The van der Waals surface area contributed by atoms with E-state index < -0.39 is 0 Å². The molecule has 0 heterocycles. The normalized spacial score (nSPS) is 11.8. The largest absolute Gasteiger partial charge is 0.316 e. The minimum absolute atomic E-state index is 0.179. The van der Waals surface area contributed by atoms with Crippen LogP contribution in [0.25, 0.3) is 0 Å². The van der Waals surface area contributed by atoms with Gasteiger partial charge < -0.3 is 5.32 Å². The summed E-state index contributed by atoms with van der Waals surface area (Å²) in [5, 5.41) is 3.47. The van der Waals surface area contributed by atoms with Crippen molar-refractivity contribution < 1.29 is 0 Å². The minimum Gasteiger partial charge on any atom is -0.316 e. The van der Waals surface area contributed by atoms with Crippen molar-refractivity contribution >= 4 is 11.6 Å². The zero-order valence-electron chi connectivity index (χ0n) is 11.2. The third-order valence-corrected chi connectivity index (χ3v) is 3.47.